The molecule has 0 aliphatic carbocycles. The fourth-order valence-electron chi connectivity index (χ4n) is 2.55. The second-order valence-electron chi connectivity index (χ2n) is 5.21. The normalized spacial score (nSPS) is 11.3. The SMILES string of the molecule is CCCCCCCCn1c(CCl)nc2ccc(Cl)cc21. The number of fused-ring (bicyclic) bond motifs is 1. The number of rotatable bonds is 8. The number of hydrogen-bond donors (Lipinski definition) is 0. The Balaban J connectivity index is 2.02. The fourth-order valence-corrected chi connectivity index (χ4v) is 2.92. The predicted molar refractivity (Wildman–Crippen MR) is 87.7 cm³/mol. The van der Waals surface area contributed by atoms with E-state index in [-0.39, 0.29) is 0 Å². The molecule has 0 saturated heterocycles. The lowest BCUT2D eigenvalue weighted by Gasteiger charge is -2.07. The fraction of sp³-hybridized carbons (Fsp3) is 0.562. The van der Waals surface area contributed by atoms with Crippen molar-refractivity contribution in [2.24, 2.45) is 0 Å². The van der Waals surface area contributed by atoms with Crippen molar-refractivity contribution in [1.29, 1.82) is 0 Å². The molecule has 0 saturated carbocycles. The summed E-state index contributed by atoms with van der Waals surface area (Å²) in [4.78, 5) is 4.57. The number of imidazole rings is 1. The van der Waals surface area contributed by atoms with Crippen LogP contribution >= 0.6 is 23.2 Å². The van der Waals surface area contributed by atoms with Gasteiger partial charge in [-0.25, -0.2) is 4.98 Å². The summed E-state index contributed by atoms with van der Waals surface area (Å²) in [7, 11) is 0. The van der Waals surface area contributed by atoms with Gasteiger partial charge in [0.15, 0.2) is 0 Å². The smallest absolute Gasteiger partial charge is 0.124 e. The van der Waals surface area contributed by atoms with Gasteiger partial charge in [-0.05, 0) is 24.6 Å². The molecule has 0 fully saturated rings. The molecule has 2 aromatic rings. The van der Waals surface area contributed by atoms with Gasteiger partial charge in [-0.2, -0.15) is 0 Å². The van der Waals surface area contributed by atoms with Gasteiger partial charge in [-0.15, -0.1) is 11.6 Å². The highest BCUT2D eigenvalue weighted by molar-refractivity contribution is 6.31. The molecule has 2 rings (SSSR count). The van der Waals surface area contributed by atoms with Crippen LogP contribution in [0.4, 0.5) is 0 Å². The Hall–Kier alpha value is -0.730. The Kier molecular flexibility index (Phi) is 6.18. The highest BCUT2D eigenvalue weighted by Crippen LogP contribution is 2.22. The monoisotopic (exact) mass is 312 g/mol. The van der Waals surface area contributed by atoms with Crippen LogP contribution in [0.3, 0.4) is 0 Å². The largest absolute Gasteiger partial charge is 0.327 e. The predicted octanol–water partition coefficient (Wildman–Crippen LogP) is 5.79. The van der Waals surface area contributed by atoms with Gasteiger partial charge >= 0.3 is 0 Å². The van der Waals surface area contributed by atoms with Crippen LogP contribution in [0.25, 0.3) is 11.0 Å². The van der Waals surface area contributed by atoms with Crippen molar-refractivity contribution in [2.45, 2.75) is 57.9 Å². The Morgan fingerprint density at radius 1 is 1.10 bits per heavy atom. The van der Waals surface area contributed by atoms with Crippen LogP contribution in [-0.2, 0) is 12.4 Å². The van der Waals surface area contributed by atoms with E-state index in [1.54, 1.807) is 0 Å². The number of aromatic nitrogens is 2. The molecule has 0 bridgehead atoms. The lowest BCUT2D eigenvalue weighted by molar-refractivity contribution is 0.557. The first-order chi connectivity index (χ1) is 9.76. The number of benzene rings is 1. The Morgan fingerprint density at radius 3 is 2.60 bits per heavy atom. The first-order valence-corrected chi connectivity index (χ1v) is 8.38. The van der Waals surface area contributed by atoms with Crippen LogP contribution in [0.1, 0.15) is 51.3 Å². The van der Waals surface area contributed by atoms with E-state index >= 15 is 0 Å². The van der Waals surface area contributed by atoms with Gasteiger partial charge in [-0.1, -0.05) is 50.6 Å². The van der Waals surface area contributed by atoms with E-state index in [4.69, 9.17) is 23.2 Å². The number of alkyl halides is 1. The van der Waals surface area contributed by atoms with Gasteiger partial charge in [-0.3, -0.25) is 0 Å². The summed E-state index contributed by atoms with van der Waals surface area (Å²) in [6.07, 6.45) is 7.73. The summed E-state index contributed by atoms with van der Waals surface area (Å²) >= 11 is 12.1. The average molecular weight is 313 g/mol. The number of nitrogens with zero attached hydrogens (tertiary/aromatic N) is 2. The zero-order valence-electron chi connectivity index (χ0n) is 12.0. The number of halogens is 2. The van der Waals surface area contributed by atoms with Gasteiger partial charge in [0.2, 0.25) is 0 Å². The Labute approximate surface area is 131 Å². The van der Waals surface area contributed by atoms with Crippen LogP contribution in [0.5, 0.6) is 0 Å². The van der Waals surface area contributed by atoms with Crippen LogP contribution in [-0.4, -0.2) is 9.55 Å². The molecule has 0 N–H and O–H groups in total. The first-order valence-electron chi connectivity index (χ1n) is 7.47. The molecule has 1 aromatic heterocycles. The molecule has 0 atom stereocenters. The molecule has 0 radical (unpaired) electrons. The number of unbranched alkanes of at least 4 members (excludes halogenated alkanes) is 5. The molecule has 0 amide bonds. The van der Waals surface area contributed by atoms with Gasteiger partial charge in [0.1, 0.15) is 5.82 Å². The molecule has 4 heteroatoms. The average Bonchev–Trinajstić information content (AvgIpc) is 2.80. The second kappa shape index (κ2) is 7.90. The van der Waals surface area contributed by atoms with Crippen molar-refractivity contribution < 1.29 is 0 Å². The van der Waals surface area contributed by atoms with Crippen molar-refractivity contribution in [3.8, 4) is 0 Å². The first kappa shape index (κ1) is 15.7. The number of hydrogen-bond acceptors (Lipinski definition) is 1. The van der Waals surface area contributed by atoms with E-state index < -0.39 is 0 Å². The minimum absolute atomic E-state index is 0.447. The molecule has 2 nitrogen and oxygen atoms in total. The third kappa shape index (κ3) is 3.89. The highest BCUT2D eigenvalue weighted by atomic mass is 35.5. The van der Waals surface area contributed by atoms with E-state index in [1.165, 1.54) is 38.5 Å². The minimum Gasteiger partial charge on any atom is -0.327 e. The molecule has 20 heavy (non-hydrogen) atoms. The summed E-state index contributed by atoms with van der Waals surface area (Å²) in [5, 5.41) is 0.753. The maximum Gasteiger partial charge on any atom is 0.124 e. The van der Waals surface area contributed by atoms with E-state index in [0.29, 0.717) is 5.88 Å². The molecule has 110 valence electrons. The quantitative estimate of drug-likeness (QED) is 0.445. The molecule has 0 aliphatic rings. The van der Waals surface area contributed by atoms with Crippen molar-refractivity contribution >= 4 is 34.2 Å². The molecule has 0 unspecified atom stereocenters. The van der Waals surface area contributed by atoms with E-state index in [2.05, 4.69) is 16.5 Å². The van der Waals surface area contributed by atoms with Crippen molar-refractivity contribution in [3.05, 3.63) is 29.0 Å². The summed E-state index contributed by atoms with van der Waals surface area (Å²) in [5.41, 5.74) is 2.08. The van der Waals surface area contributed by atoms with Crippen LogP contribution in [0.15, 0.2) is 18.2 Å². The van der Waals surface area contributed by atoms with Crippen molar-refractivity contribution in [1.82, 2.24) is 9.55 Å². The van der Waals surface area contributed by atoms with Gasteiger partial charge in [0, 0.05) is 11.6 Å². The van der Waals surface area contributed by atoms with E-state index in [1.807, 2.05) is 18.2 Å². The zero-order valence-corrected chi connectivity index (χ0v) is 13.6. The summed E-state index contributed by atoms with van der Waals surface area (Å²) in [5.74, 6) is 1.39. The van der Waals surface area contributed by atoms with Crippen molar-refractivity contribution in [2.75, 3.05) is 0 Å². The van der Waals surface area contributed by atoms with Crippen LogP contribution in [0.2, 0.25) is 5.02 Å². The standard InChI is InChI=1S/C16H22Cl2N2/c1-2-3-4-5-6-7-10-20-15-11-13(18)8-9-14(15)19-16(20)12-17/h8-9,11H,2-7,10,12H2,1H3. The summed E-state index contributed by atoms with van der Waals surface area (Å²) in [6.45, 7) is 3.22. The third-order valence-electron chi connectivity index (χ3n) is 3.64. The molecular weight excluding hydrogens is 291 g/mol. The maximum absolute atomic E-state index is 6.09. The second-order valence-corrected chi connectivity index (χ2v) is 5.92. The third-order valence-corrected chi connectivity index (χ3v) is 4.12. The highest BCUT2D eigenvalue weighted by Gasteiger charge is 2.09. The Morgan fingerprint density at radius 2 is 1.85 bits per heavy atom. The van der Waals surface area contributed by atoms with Crippen molar-refractivity contribution in [3.63, 3.8) is 0 Å². The van der Waals surface area contributed by atoms with Gasteiger partial charge in [0.05, 0.1) is 16.9 Å². The molecule has 0 spiro atoms. The maximum atomic E-state index is 6.09. The molecule has 0 aliphatic heterocycles. The van der Waals surface area contributed by atoms with E-state index in [0.717, 1.165) is 28.4 Å². The van der Waals surface area contributed by atoms with Crippen LogP contribution < -0.4 is 0 Å². The summed E-state index contributed by atoms with van der Waals surface area (Å²) in [6, 6.07) is 5.83. The van der Waals surface area contributed by atoms with Gasteiger partial charge < -0.3 is 4.57 Å². The zero-order chi connectivity index (χ0) is 14.4. The minimum atomic E-state index is 0.447. The lowest BCUT2D eigenvalue weighted by Crippen LogP contribution is -2.02. The molecule has 1 heterocycles. The van der Waals surface area contributed by atoms with Crippen LogP contribution in [0, 0.1) is 0 Å². The van der Waals surface area contributed by atoms with Gasteiger partial charge in [0.25, 0.3) is 0 Å². The lowest BCUT2D eigenvalue weighted by atomic mass is 10.1. The molecular formula is C16H22Cl2N2. The molecule has 1 aromatic carbocycles. The summed E-state index contributed by atoms with van der Waals surface area (Å²) < 4.78 is 2.22. The topological polar surface area (TPSA) is 17.8 Å². The Bertz CT molecular complexity index is 549. The number of aryl methyl sites for hydroxylation is 1. The van der Waals surface area contributed by atoms with E-state index in [9.17, 15) is 0 Å².